The smallest absolute Gasteiger partial charge is 0.254 e. The largest absolute Gasteiger partial charge is 0.383 e. The van der Waals surface area contributed by atoms with E-state index in [9.17, 15) is 9.59 Å². The van der Waals surface area contributed by atoms with Crippen LogP contribution in [0.25, 0.3) is 10.9 Å². The SMILES string of the molecule is COCCn1cc(C=O)c2c(C(=O)N3CCCC3)cccc21. The van der Waals surface area contributed by atoms with Crippen molar-refractivity contribution in [3.05, 3.63) is 35.5 Å². The van der Waals surface area contributed by atoms with Crippen molar-refractivity contribution in [1.29, 1.82) is 0 Å². The van der Waals surface area contributed by atoms with Gasteiger partial charge < -0.3 is 14.2 Å². The van der Waals surface area contributed by atoms with E-state index in [0.29, 0.717) is 24.3 Å². The van der Waals surface area contributed by atoms with Crippen LogP contribution in [-0.2, 0) is 11.3 Å². The first-order valence-corrected chi connectivity index (χ1v) is 7.61. The molecule has 1 amide bonds. The van der Waals surface area contributed by atoms with Gasteiger partial charge in [-0.15, -0.1) is 0 Å². The Morgan fingerprint density at radius 3 is 2.77 bits per heavy atom. The Hall–Kier alpha value is -2.14. The van der Waals surface area contributed by atoms with Crippen LogP contribution in [-0.4, -0.2) is 48.5 Å². The van der Waals surface area contributed by atoms with Gasteiger partial charge in [-0.25, -0.2) is 0 Å². The number of carbonyl (C=O) groups excluding carboxylic acids is 2. The van der Waals surface area contributed by atoms with Gasteiger partial charge >= 0.3 is 0 Å². The van der Waals surface area contributed by atoms with Crippen molar-refractivity contribution < 1.29 is 14.3 Å². The van der Waals surface area contributed by atoms with E-state index in [1.807, 2.05) is 27.7 Å². The zero-order valence-electron chi connectivity index (χ0n) is 12.7. The molecule has 0 bridgehead atoms. The van der Waals surface area contributed by atoms with Gasteiger partial charge in [0.25, 0.3) is 5.91 Å². The van der Waals surface area contributed by atoms with Crippen LogP contribution in [0.1, 0.15) is 33.6 Å². The number of hydrogen-bond acceptors (Lipinski definition) is 3. The summed E-state index contributed by atoms with van der Waals surface area (Å²) in [5, 5.41) is 0.755. The molecule has 0 N–H and O–H groups in total. The normalized spacial score (nSPS) is 14.7. The summed E-state index contributed by atoms with van der Waals surface area (Å²) >= 11 is 0. The number of aldehydes is 1. The maximum Gasteiger partial charge on any atom is 0.254 e. The highest BCUT2D eigenvalue weighted by Crippen LogP contribution is 2.26. The molecule has 5 nitrogen and oxygen atoms in total. The highest BCUT2D eigenvalue weighted by molar-refractivity contribution is 6.12. The molecule has 5 heteroatoms. The molecule has 116 valence electrons. The van der Waals surface area contributed by atoms with Crippen LogP contribution >= 0.6 is 0 Å². The van der Waals surface area contributed by atoms with Crippen molar-refractivity contribution in [3.63, 3.8) is 0 Å². The number of fused-ring (bicyclic) bond motifs is 1. The number of nitrogens with zero attached hydrogens (tertiary/aromatic N) is 2. The Balaban J connectivity index is 2.08. The molecule has 1 fully saturated rings. The zero-order valence-corrected chi connectivity index (χ0v) is 12.7. The predicted octanol–water partition coefficient (Wildman–Crippen LogP) is 2.34. The van der Waals surface area contributed by atoms with Crippen molar-refractivity contribution in [2.45, 2.75) is 19.4 Å². The molecule has 22 heavy (non-hydrogen) atoms. The maximum atomic E-state index is 12.7. The fraction of sp³-hybridized carbons (Fsp3) is 0.412. The summed E-state index contributed by atoms with van der Waals surface area (Å²) in [5.41, 5.74) is 2.09. The van der Waals surface area contributed by atoms with Crippen LogP contribution in [0.15, 0.2) is 24.4 Å². The standard InChI is InChI=1S/C17H20N2O3/c1-22-10-9-19-11-13(12-20)16-14(5-4-6-15(16)19)17(21)18-7-2-3-8-18/h4-6,11-12H,2-3,7-10H2,1H3. The second-order valence-corrected chi connectivity index (χ2v) is 5.59. The number of amides is 1. The van der Waals surface area contributed by atoms with E-state index < -0.39 is 0 Å². The lowest BCUT2D eigenvalue weighted by molar-refractivity contribution is 0.0794. The number of ether oxygens (including phenoxy) is 1. The minimum absolute atomic E-state index is 0.0238. The third-order valence-electron chi connectivity index (χ3n) is 4.22. The summed E-state index contributed by atoms with van der Waals surface area (Å²) < 4.78 is 7.09. The van der Waals surface area contributed by atoms with Gasteiger partial charge in [-0.3, -0.25) is 9.59 Å². The fourth-order valence-corrected chi connectivity index (χ4v) is 3.12. The molecule has 0 aliphatic carbocycles. The van der Waals surface area contributed by atoms with E-state index in [2.05, 4.69) is 0 Å². The third-order valence-corrected chi connectivity index (χ3v) is 4.22. The summed E-state index contributed by atoms with van der Waals surface area (Å²) in [5.74, 6) is 0.0238. The Morgan fingerprint density at radius 1 is 1.32 bits per heavy atom. The molecular formula is C17H20N2O3. The first-order chi connectivity index (χ1) is 10.8. The molecule has 1 aliphatic heterocycles. The quantitative estimate of drug-likeness (QED) is 0.796. The number of carbonyl (C=O) groups is 2. The molecular weight excluding hydrogens is 280 g/mol. The van der Waals surface area contributed by atoms with Crippen LogP contribution in [0, 0.1) is 0 Å². The number of likely N-dealkylation sites (tertiary alicyclic amines) is 1. The second-order valence-electron chi connectivity index (χ2n) is 5.59. The van der Waals surface area contributed by atoms with E-state index in [1.54, 1.807) is 13.3 Å². The molecule has 1 aromatic carbocycles. The molecule has 0 atom stereocenters. The Morgan fingerprint density at radius 2 is 2.09 bits per heavy atom. The zero-order chi connectivity index (χ0) is 15.5. The van der Waals surface area contributed by atoms with Gasteiger partial charge in [-0.05, 0) is 25.0 Å². The van der Waals surface area contributed by atoms with Crippen LogP contribution in [0.3, 0.4) is 0 Å². The predicted molar refractivity (Wildman–Crippen MR) is 84.3 cm³/mol. The molecule has 2 aromatic rings. The summed E-state index contributed by atoms with van der Waals surface area (Å²) in [6.07, 6.45) is 4.73. The van der Waals surface area contributed by atoms with Crippen LogP contribution in [0.2, 0.25) is 0 Å². The van der Waals surface area contributed by atoms with Crippen LogP contribution < -0.4 is 0 Å². The van der Waals surface area contributed by atoms with Gasteiger partial charge in [0.1, 0.15) is 0 Å². The summed E-state index contributed by atoms with van der Waals surface area (Å²) in [4.78, 5) is 26.0. The van der Waals surface area contributed by atoms with Gasteiger partial charge in [-0.1, -0.05) is 6.07 Å². The highest BCUT2D eigenvalue weighted by atomic mass is 16.5. The summed E-state index contributed by atoms with van der Waals surface area (Å²) in [6, 6.07) is 5.64. The van der Waals surface area contributed by atoms with Crippen molar-refractivity contribution in [3.8, 4) is 0 Å². The lowest BCUT2D eigenvalue weighted by Gasteiger charge is -2.16. The van der Waals surface area contributed by atoms with Gasteiger partial charge in [0.05, 0.1) is 6.61 Å². The van der Waals surface area contributed by atoms with Gasteiger partial charge in [0.15, 0.2) is 6.29 Å². The van der Waals surface area contributed by atoms with Crippen molar-refractivity contribution in [1.82, 2.24) is 9.47 Å². The minimum Gasteiger partial charge on any atom is -0.383 e. The molecule has 0 spiro atoms. The van der Waals surface area contributed by atoms with Crippen LogP contribution in [0.4, 0.5) is 0 Å². The average molecular weight is 300 g/mol. The minimum atomic E-state index is 0.0238. The van der Waals surface area contributed by atoms with E-state index >= 15 is 0 Å². The van der Waals surface area contributed by atoms with Gasteiger partial charge in [-0.2, -0.15) is 0 Å². The monoisotopic (exact) mass is 300 g/mol. The molecule has 2 heterocycles. The number of benzene rings is 1. The van der Waals surface area contributed by atoms with Gasteiger partial charge in [0.2, 0.25) is 0 Å². The summed E-state index contributed by atoms with van der Waals surface area (Å²) in [6.45, 7) is 2.82. The van der Waals surface area contributed by atoms with Crippen molar-refractivity contribution in [2.75, 3.05) is 26.8 Å². The number of methoxy groups -OCH3 is 1. The lowest BCUT2D eigenvalue weighted by Crippen LogP contribution is -2.27. The molecule has 0 unspecified atom stereocenters. The van der Waals surface area contributed by atoms with E-state index in [4.69, 9.17) is 4.74 Å². The van der Waals surface area contributed by atoms with Crippen molar-refractivity contribution >= 4 is 23.1 Å². The Kier molecular flexibility index (Phi) is 4.24. The molecule has 3 rings (SSSR count). The van der Waals surface area contributed by atoms with Crippen molar-refractivity contribution in [2.24, 2.45) is 0 Å². The number of rotatable bonds is 5. The number of hydrogen-bond donors (Lipinski definition) is 0. The van der Waals surface area contributed by atoms with Gasteiger partial charge in [0, 0.05) is 55.0 Å². The fourth-order valence-electron chi connectivity index (χ4n) is 3.12. The first kappa shape index (κ1) is 14.8. The lowest BCUT2D eigenvalue weighted by atomic mass is 10.1. The first-order valence-electron chi connectivity index (χ1n) is 7.61. The van der Waals surface area contributed by atoms with Crippen LogP contribution in [0.5, 0.6) is 0 Å². The van der Waals surface area contributed by atoms with E-state index in [-0.39, 0.29) is 5.91 Å². The molecule has 1 saturated heterocycles. The number of aromatic nitrogens is 1. The summed E-state index contributed by atoms with van der Waals surface area (Å²) in [7, 11) is 1.65. The molecule has 0 radical (unpaired) electrons. The molecule has 1 aromatic heterocycles. The maximum absolute atomic E-state index is 12.7. The van der Waals surface area contributed by atoms with E-state index in [1.165, 1.54) is 0 Å². The highest BCUT2D eigenvalue weighted by Gasteiger charge is 2.23. The molecule has 1 aliphatic rings. The second kappa shape index (κ2) is 6.32. The third kappa shape index (κ3) is 2.52. The topological polar surface area (TPSA) is 51.5 Å². The van der Waals surface area contributed by atoms with E-state index in [0.717, 1.165) is 43.1 Å². The Labute approximate surface area is 129 Å². The molecule has 0 saturated carbocycles. The average Bonchev–Trinajstić information content (AvgIpc) is 3.19. The Bertz CT molecular complexity index is 699.